The van der Waals surface area contributed by atoms with Gasteiger partial charge in [-0.25, -0.2) is 4.79 Å². The molecular formula is C19H34N2O4. The fourth-order valence-electron chi connectivity index (χ4n) is 4.59. The third kappa shape index (κ3) is 6.17. The second-order valence-corrected chi connectivity index (χ2v) is 7.91. The first-order valence-corrected chi connectivity index (χ1v) is 9.88. The number of alkyl carbamates (subject to hydrolysis) is 1. The van der Waals surface area contributed by atoms with Crippen molar-refractivity contribution in [2.24, 2.45) is 29.4 Å². The highest BCUT2D eigenvalue weighted by molar-refractivity contribution is 5.72. The van der Waals surface area contributed by atoms with Gasteiger partial charge in [0.25, 0.3) is 0 Å². The van der Waals surface area contributed by atoms with Crippen LogP contribution in [0.3, 0.4) is 0 Å². The number of amides is 1. The molecular weight excluding hydrogens is 320 g/mol. The number of carboxylic acids is 1. The van der Waals surface area contributed by atoms with Crippen molar-refractivity contribution >= 4 is 12.1 Å². The van der Waals surface area contributed by atoms with Gasteiger partial charge in [0, 0.05) is 6.54 Å². The lowest BCUT2D eigenvalue weighted by atomic mass is 9.57. The lowest BCUT2D eigenvalue weighted by Gasteiger charge is -2.49. The van der Waals surface area contributed by atoms with Gasteiger partial charge in [-0.1, -0.05) is 39.0 Å². The zero-order valence-electron chi connectivity index (χ0n) is 15.4. The van der Waals surface area contributed by atoms with E-state index < -0.39 is 12.0 Å². The molecule has 0 radical (unpaired) electrons. The van der Waals surface area contributed by atoms with Crippen molar-refractivity contribution in [3.63, 3.8) is 0 Å². The molecule has 5 unspecified atom stereocenters. The summed E-state index contributed by atoms with van der Waals surface area (Å²) < 4.78 is 5.41. The molecule has 25 heavy (non-hydrogen) atoms. The summed E-state index contributed by atoms with van der Waals surface area (Å²) in [6.07, 6.45) is 9.37. The van der Waals surface area contributed by atoms with Crippen LogP contribution in [0.4, 0.5) is 4.79 Å². The first-order chi connectivity index (χ1) is 12.0. The van der Waals surface area contributed by atoms with Crippen LogP contribution < -0.4 is 11.1 Å². The topological polar surface area (TPSA) is 102 Å². The highest BCUT2D eigenvalue weighted by Gasteiger charge is 2.44. The minimum absolute atomic E-state index is 0.357. The van der Waals surface area contributed by atoms with Crippen LogP contribution in [0.2, 0.25) is 0 Å². The van der Waals surface area contributed by atoms with Gasteiger partial charge in [-0.3, -0.25) is 4.79 Å². The van der Waals surface area contributed by atoms with Gasteiger partial charge in [-0.05, 0) is 49.4 Å². The van der Waals surface area contributed by atoms with Crippen molar-refractivity contribution in [3.05, 3.63) is 0 Å². The van der Waals surface area contributed by atoms with Crippen molar-refractivity contribution in [3.8, 4) is 0 Å². The number of rotatable bonds is 8. The van der Waals surface area contributed by atoms with Crippen LogP contribution in [0.1, 0.15) is 64.7 Å². The molecule has 6 nitrogen and oxygen atoms in total. The molecule has 0 aromatic heterocycles. The minimum atomic E-state index is -0.977. The number of aliphatic carboxylic acids is 1. The first kappa shape index (κ1) is 20.0. The van der Waals surface area contributed by atoms with Gasteiger partial charge in [-0.2, -0.15) is 0 Å². The molecule has 4 N–H and O–H groups in total. The van der Waals surface area contributed by atoms with Crippen molar-refractivity contribution in [1.29, 1.82) is 0 Å². The van der Waals surface area contributed by atoms with Gasteiger partial charge in [0.1, 0.15) is 6.04 Å². The Kier molecular flexibility index (Phi) is 8.00. The van der Waals surface area contributed by atoms with Crippen LogP contribution in [0.25, 0.3) is 0 Å². The third-order valence-corrected chi connectivity index (χ3v) is 6.04. The van der Waals surface area contributed by atoms with E-state index in [1.807, 2.05) is 0 Å². The average Bonchev–Trinajstić information content (AvgIpc) is 2.53. The Morgan fingerprint density at radius 1 is 1.24 bits per heavy atom. The molecule has 1 amide bonds. The van der Waals surface area contributed by atoms with Gasteiger partial charge in [-0.15, -0.1) is 0 Å². The van der Waals surface area contributed by atoms with E-state index in [0.29, 0.717) is 38.3 Å². The van der Waals surface area contributed by atoms with Crippen LogP contribution in [0.5, 0.6) is 0 Å². The van der Waals surface area contributed by atoms with Crippen molar-refractivity contribution in [2.75, 3.05) is 13.2 Å². The van der Waals surface area contributed by atoms with Gasteiger partial charge in [0.05, 0.1) is 6.61 Å². The van der Waals surface area contributed by atoms with Crippen molar-refractivity contribution in [2.45, 2.75) is 70.8 Å². The van der Waals surface area contributed by atoms with Crippen LogP contribution in [0.15, 0.2) is 0 Å². The number of ether oxygens (including phenoxy) is 1. The molecule has 0 heterocycles. The summed E-state index contributed by atoms with van der Waals surface area (Å²) >= 11 is 0. The number of carbonyl (C=O) groups excluding carboxylic acids is 1. The molecule has 0 aromatic rings. The Bertz CT molecular complexity index is 435. The number of nitrogens with two attached hydrogens (primary N) is 1. The van der Waals surface area contributed by atoms with Crippen LogP contribution in [0, 0.1) is 23.7 Å². The van der Waals surface area contributed by atoms with Gasteiger partial charge >= 0.3 is 12.1 Å². The fourth-order valence-corrected chi connectivity index (χ4v) is 4.59. The number of carbonyl (C=O) groups is 2. The van der Waals surface area contributed by atoms with Crippen molar-refractivity contribution < 1.29 is 19.4 Å². The van der Waals surface area contributed by atoms with E-state index in [2.05, 4.69) is 12.2 Å². The summed E-state index contributed by atoms with van der Waals surface area (Å²) in [7, 11) is 0. The minimum Gasteiger partial charge on any atom is -0.480 e. The van der Waals surface area contributed by atoms with Gasteiger partial charge in [0.15, 0.2) is 0 Å². The first-order valence-electron chi connectivity index (χ1n) is 9.88. The third-order valence-electron chi connectivity index (χ3n) is 6.04. The zero-order chi connectivity index (χ0) is 18.2. The summed E-state index contributed by atoms with van der Waals surface area (Å²) in [4.78, 5) is 22.4. The standard InChI is InChI=1S/C19H34N2O4/c1-13-7-3-2-4-8-14-11-15(17(13)14)12-25-19(24)21-10-6-5-9-16(20)18(22)23/h13-17H,2-12,20H2,1H3,(H,21,24)(H,22,23). The summed E-state index contributed by atoms with van der Waals surface area (Å²) in [6, 6.07) is -0.815. The number of fused-ring (bicyclic) bond motifs is 1. The second kappa shape index (κ2) is 10.00. The monoisotopic (exact) mass is 354 g/mol. The lowest BCUT2D eigenvalue weighted by Crippen LogP contribution is -2.44. The summed E-state index contributed by atoms with van der Waals surface area (Å²) in [5, 5.41) is 11.4. The Balaban J connectivity index is 1.57. The van der Waals surface area contributed by atoms with Gasteiger partial charge < -0.3 is 20.9 Å². The molecule has 2 rings (SSSR count). The van der Waals surface area contributed by atoms with Crippen LogP contribution in [-0.4, -0.2) is 36.4 Å². The molecule has 0 aromatic carbocycles. The largest absolute Gasteiger partial charge is 0.480 e. The number of hydrogen-bond acceptors (Lipinski definition) is 4. The van der Waals surface area contributed by atoms with E-state index in [1.54, 1.807) is 0 Å². The summed E-state index contributed by atoms with van der Waals surface area (Å²) in [5.74, 6) is 1.86. The average molecular weight is 354 g/mol. The number of carboxylic acid groups (broad SMARTS) is 1. The Morgan fingerprint density at radius 3 is 2.76 bits per heavy atom. The van der Waals surface area contributed by atoms with E-state index in [1.165, 1.54) is 38.5 Å². The maximum absolute atomic E-state index is 11.8. The predicted molar refractivity (Wildman–Crippen MR) is 96.1 cm³/mol. The quantitative estimate of drug-likeness (QED) is 0.581. The lowest BCUT2D eigenvalue weighted by molar-refractivity contribution is -0.138. The molecule has 0 saturated heterocycles. The van der Waals surface area contributed by atoms with E-state index in [-0.39, 0.29) is 6.09 Å². The Hall–Kier alpha value is -1.30. The number of nitrogens with one attached hydrogen (secondary N) is 1. The molecule has 144 valence electrons. The highest BCUT2D eigenvalue weighted by atomic mass is 16.5. The maximum atomic E-state index is 11.8. The van der Waals surface area contributed by atoms with E-state index >= 15 is 0 Å². The predicted octanol–water partition coefficient (Wildman–Crippen LogP) is 3.15. The SMILES string of the molecule is CC1CCCCCC2CC(COC(=O)NCCCCC(N)C(=O)O)C12. The normalized spacial score (nSPS) is 30.2. The van der Waals surface area contributed by atoms with Crippen LogP contribution >= 0.6 is 0 Å². The van der Waals surface area contributed by atoms with Crippen LogP contribution in [-0.2, 0) is 9.53 Å². The van der Waals surface area contributed by atoms with E-state index in [0.717, 1.165) is 17.8 Å². The zero-order valence-corrected chi connectivity index (χ0v) is 15.4. The van der Waals surface area contributed by atoms with Crippen molar-refractivity contribution in [1.82, 2.24) is 5.32 Å². The molecule has 5 atom stereocenters. The Morgan fingerprint density at radius 2 is 2.00 bits per heavy atom. The molecule has 2 fully saturated rings. The fraction of sp³-hybridized carbons (Fsp3) is 0.895. The molecule has 0 spiro atoms. The molecule has 2 aliphatic carbocycles. The molecule has 2 aliphatic rings. The van der Waals surface area contributed by atoms with E-state index in [4.69, 9.17) is 15.6 Å². The number of unbranched alkanes of at least 4 members (excludes halogenated alkanes) is 1. The second-order valence-electron chi connectivity index (χ2n) is 7.91. The van der Waals surface area contributed by atoms with Gasteiger partial charge in [0.2, 0.25) is 0 Å². The van der Waals surface area contributed by atoms with E-state index in [9.17, 15) is 9.59 Å². The molecule has 0 aliphatic heterocycles. The maximum Gasteiger partial charge on any atom is 0.407 e. The molecule has 6 heteroatoms. The number of hydrogen-bond donors (Lipinski definition) is 3. The smallest absolute Gasteiger partial charge is 0.407 e. The molecule has 0 bridgehead atoms. The summed E-state index contributed by atoms with van der Waals surface area (Å²) in [6.45, 7) is 3.39. The summed E-state index contributed by atoms with van der Waals surface area (Å²) in [5.41, 5.74) is 5.44. The molecule has 2 saturated carbocycles. The highest BCUT2D eigenvalue weighted by Crippen LogP contribution is 2.50. The Labute approximate surface area is 150 Å².